The molecule has 31 heavy (non-hydrogen) atoms. The molecule has 0 amide bonds. The van der Waals surface area contributed by atoms with Crippen molar-refractivity contribution in [2.24, 2.45) is 17.8 Å². The van der Waals surface area contributed by atoms with Gasteiger partial charge in [-0.05, 0) is 67.3 Å². The molecular weight excluding hydrogens is 405 g/mol. The lowest BCUT2D eigenvalue weighted by Gasteiger charge is -2.40. The second-order valence-electron chi connectivity index (χ2n) is 9.76. The van der Waals surface area contributed by atoms with Gasteiger partial charge in [0.15, 0.2) is 5.85 Å². The first-order chi connectivity index (χ1) is 14.6. The zero-order valence-electron chi connectivity index (χ0n) is 19.8. The summed E-state index contributed by atoms with van der Waals surface area (Å²) in [6, 6.07) is 15.2. The Morgan fingerprint density at radius 3 is 2.19 bits per heavy atom. The molecule has 1 N–H and O–H groups in total. The summed E-state index contributed by atoms with van der Waals surface area (Å²) in [4.78, 5) is 2.00. The van der Waals surface area contributed by atoms with E-state index in [4.69, 9.17) is 4.52 Å². The Morgan fingerprint density at radius 1 is 1.03 bits per heavy atom. The highest BCUT2D eigenvalue weighted by molar-refractivity contribution is 7.67. The molecule has 0 heterocycles. The monoisotopic (exact) mass is 443 g/mol. The van der Waals surface area contributed by atoms with Crippen molar-refractivity contribution in [1.29, 1.82) is 0 Å². The first kappa shape index (κ1) is 24.0. The number of aliphatic hydroxyl groups is 1. The van der Waals surface area contributed by atoms with E-state index in [0.717, 1.165) is 24.1 Å². The van der Waals surface area contributed by atoms with E-state index in [1.165, 1.54) is 6.42 Å². The van der Waals surface area contributed by atoms with Crippen LogP contribution in [0.2, 0.25) is 0 Å². The van der Waals surface area contributed by atoms with Gasteiger partial charge in [0.2, 0.25) is 0 Å². The minimum atomic E-state index is -3.58. The van der Waals surface area contributed by atoms with Gasteiger partial charge < -0.3 is 14.5 Å². The third-order valence-electron chi connectivity index (χ3n) is 6.68. The highest BCUT2D eigenvalue weighted by Gasteiger charge is 2.42. The average Bonchev–Trinajstić information content (AvgIpc) is 2.73. The minimum Gasteiger partial charge on any atom is -0.378 e. The van der Waals surface area contributed by atoms with Crippen molar-refractivity contribution in [2.45, 2.75) is 58.9 Å². The summed E-state index contributed by atoms with van der Waals surface area (Å²) in [7, 11) is 0.365. The third-order valence-corrected chi connectivity index (χ3v) is 9.22. The van der Waals surface area contributed by atoms with E-state index < -0.39 is 13.2 Å². The second-order valence-corrected chi connectivity index (χ2v) is 12.2. The van der Waals surface area contributed by atoms with E-state index in [1.807, 2.05) is 74.4 Å². The molecule has 2 aromatic carbocycles. The Kier molecular flexibility index (Phi) is 7.68. The summed E-state index contributed by atoms with van der Waals surface area (Å²) in [5, 5.41) is 12.0. The van der Waals surface area contributed by atoms with Gasteiger partial charge in [-0.1, -0.05) is 57.0 Å². The standard InChI is InChI=1S/C26H38NO3P/c1-18(2)24-16-9-20(4)17-25(24)30-31(29,23-14-12-22(13-15-23)27(5)6)26(28)21-10-7-19(3)8-11-21/h7-8,10-15,18,20,24-26,28H,9,16-17H2,1-6H3/t20-,24-,25-,26-,31+/m1/s1. The van der Waals surface area contributed by atoms with Crippen LogP contribution in [-0.2, 0) is 9.09 Å². The zero-order valence-corrected chi connectivity index (χ0v) is 20.7. The van der Waals surface area contributed by atoms with Crippen molar-refractivity contribution in [3.63, 3.8) is 0 Å². The lowest BCUT2D eigenvalue weighted by Crippen LogP contribution is -2.35. The van der Waals surface area contributed by atoms with E-state index in [1.54, 1.807) is 0 Å². The molecular formula is C26H38NO3P. The topological polar surface area (TPSA) is 49.8 Å². The molecule has 0 aliphatic heterocycles. The van der Waals surface area contributed by atoms with Crippen LogP contribution in [0.3, 0.4) is 0 Å². The quantitative estimate of drug-likeness (QED) is 0.523. The Morgan fingerprint density at radius 2 is 1.65 bits per heavy atom. The maximum absolute atomic E-state index is 14.5. The summed E-state index contributed by atoms with van der Waals surface area (Å²) in [5.74, 6) is 0.124. The summed E-state index contributed by atoms with van der Waals surface area (Å²) in [6.07, 6.45) is 3.00. The third kappa shape index (κ3) is 5.42. The van der Waals surface area contributed by atoms with E-state index in [0.29, 0.717) is 28.6 Å². The maximum atomic E-state index is 14.5. The number of hydrogen-bond donors (Lipinski definition) is 1. The summed E-state index contributed by atoms with van der Waals surface area (Å²) in [5.41, 5.74) is 2.75. The van der Waals surface area contributed by atoms with Crippen molar-refractivity contribution >= 4 is 18.4 Å². The van der Waals surface area contributed by atoms with Gasteiger partial charge in [0, 0.05) is 25.1 Å². The average molecular weight is 444 g/mol. The molecule has 0 unspecified atom stereocenters. The molecule has 0 saturated heterocycles. The number of anilines is 1. The van der Waals surface area contributed by atoms with Crippen LogP contribution in [0, 0.1) is 24.7 Å². The fourth-order valence-corrected chi connectivity index (χ4v) is 6.88. The van der Waals surface area contributed by atoms with E-state index in [2.05, 4.69) is 20.8 Å². The summed E-state index contributed by atoms with van der Waals surface area (Å²) >= 11 is 0. The van der Waals surface area contributed by atoms with Crippen LogP contribution in [0.1, 0.15) is 57.0 Å². The van der Waals surface area contributed by atoms with Gasteiger partial charge in [0.05, 0.1) is 6.10 Å². The van der Waals surface area contributed by atoms with Gasteiger partial charge in [-0.2, -0.15) is 0 Å². The van der Waals surface area contributed by atoms with Crippen LogP contribution in [0.25, 0.3) is 0 Å². The van der Waals surface area contributed by atoms with E-state index in [9.17, 15) is 9.67 Å². The highest BCUT2D eigenvalue weighted by Crippen LogP contribution is 2.60. The Bertz CT molecular complexity index is 892. The molecule has 4 nitrogen and oxygen atoms in total. The molecule has 1 fully saturated rings. The van der Waals surface area contributed by atoms with Gasteiger partial charge >= 0.3 is 0 Å². The maximum Gasteiger partial charge on any atom is 0.264 e. The molecule has 170 valence electrons. The Hall–Kier alpha value is -1.61. The molecule has 1 aliphatic rings. The van der Waals surface area contributed by atoms with Crippen molar-refractivity contribution in [2.75, 3.05) is 19.0 Å². The molecule has 2 aromatic rings. The van der Waals surface area contributed by atoms with Crippen LogP contribution in [-0.4, -0.2) is 25.3 Å². The van der Waals surface area contributed by atoms with Crippen LogP contribution >= 0.6 is 7.37 Å². The van der Waals surface area contributed by atoms with Crippen LogP contribution in [0.4, 0.5) is 5.69 Å². The predicted octanol–water partition coefficient (Wildman–Crippen LogP) is 6.13. The van der Waals surface area contributed by atoms with Crippen molar-refractivity contribution in [3.05, 3.63) is 59.7 Å². The predicted molar refractivity (Wildman–Crippen MR) is 130 cm³/mol. The van der Waals surface area contributed by atoms with Gasteiger partial charge in [-0.3, -0.25) is 4.57 Å². The number of hydrogen-bond acceptors (Lipinski definition) is 4. The molecule has 0 bridgehead atoms. The highest BCUT2D eigenvalue weighted by atomic mass is 31.2. The number of nitrogens with zero attached hydrogens (tertiary/aromatic N) is 1. The van der Waals surface area contributed by atoms with Crippen LogP contribution in [0.15, 0.2) is 48.5 Å². The first-order valence-corrected chi connectivity index (χ1v) is 13.1. The fraction of sp³-hybridized carbons (Fsp3) is 0.538. The molecule has 0 aromatic heterocycles. The Balaban J connectivity index is 2.02. The van der Waals surface area contributed by atoms with E-state index >= 15 is 0 Å². The molecule has 5 atom stereocenters. The van der Waals surface area contributed by atoms with Crippen LogP contribution < -0.4 is 10.2 Å². The van der Waals surface area contributed by atoms with E-state index in [-0.39, 0.29) is 6.10 Å². The SMILES string of the molecule is Cc1ccc([C@H](O)[P@@](=O)(O[C@@H]2C[C@H](C)CC[C@@H]2C(C)C)c2ccc(N(C)C)cc2)cc1. The number of rotatable bonds is 7. The molecule has 1 aliphatic carbocycles. The van der Waals surface area contributed by atoms with Gasteiger partial charge in [-0.15, -0.1) is 0 Å². The zero-order chi connectivity index (χ0) is 22.8. The number of benzene rings is 2. The molecule has 1 saturated carbocycles. The minimum absolute atomic E-state index is 0.122. The molecule has 5 heteroatoms. The fourth-order valence-electron chi connectivity index (χ4n) is 4.59. The first-order valence-electron chi connectivity index (χ1n) is 11.4. The van der Waals surface area contributed by atoms with Gasteiger partial charge in [0.25, 0.3) is 7.37 Å². The lowest BCUT2D eigenvalue weighted by molar-refractivity contribution is 0.0427. The van der Waals surface area contributed by atoms with Crippen molar-refractivity contribution in [1.82, 2.24) is 0 Å². The molecule has 0 spiro atoms. The van der Waals surface area contributed by atoms with Crippen molar-refractivity contribution in [3.8, 4) is 0 Å². The normalized spacial score (nSPS) is 24.6. The smallest absolute Gasteiger partial charge is 0.264 e. The second kappa shape index (κ2) is 9.90. The number of aliphatic hydroxyl groups excluding tert-OH is 1. The lowest BCUT2D eigenvalue weighted by atomic mass is 9.75. The number of aryl methyl sites for hydroxylation is 1. The largest absolute Gasteiger partial charge is 0.378 e. The molecule has 0 radical (unpaired) electrons. The van der Waals surface area contributed by atoms with Crippen LogP contribution in [0.5, 0.6) is 0 Å². The summed E-state index contributed by atoms with van der Waals surface area (Å²) in [6.45, 7) is 8.66. The van der Waals surface area contributed by atoms with Gasteiger partial charge in [-0.25, -0.2) is 0 Å². The van der Waals surface area contributed by atoms with Gasteiger partial charge in [0.1, 0.15) is 0 Å². The van der Waals surface area contributed by atoms with Crippen molar-refractivity contribution < 1.29 is 14.2 Å². The molecule has 3 rings (SSSR count). The Labute approximate surface area is 188 Å². The summed E-state index contributed by atoms with van der Waals surface area (Å²) < 4.78 is 21.1.